The maximum absolute atomic E-state index is 13.7. The first kappa shape index (κ1) is 26.0. The van der Waals surface area contributed by atoms with Crippen molar-refractivity contribution in [2.75, 3.05) is 23.3 Å². The summed E-state index contributed by atoms with van der Waals surface area (Å²) in [5.41, 5.74) is 2.82. The molecule has 0 aliphatic carbocycles. The van der Waals surface area contributed by atoms with Gasteiger partial charge in [0.25, 0.3) is 0 Å². The normalized spacial score (nSPS) is 14.5. The molecule has 0 spiro atoms. The van der Waals surface area contributed by atoms with E-state index in [4.69, 9.17) is 11.6 Å². The maximum Gasteiger partial charge on any atom is 0.323 e. The van der Waals surface area contributed by atoms with Gasteiger partial charge in [0.2, 0.25) is 5.91 Å². The predicted octanol–water partition coefficient (Wildman–Crippen LogP) is 1.91. The van der Waals surface area contributed by atoms with Gasteiger partial charge in [-0.05, 0) is 52.4 Å². The van der Waals surface area contributed by atoms with Crippen molar-refractivity contribution in [1.82, 2.24) is 35.1 Å². The molecule has 0 saturated carbocycles. The molecule has 3 aromatic carbocycles. The minimum Gasteiger partial charge on any atom is -0.324 e. The van der Waals surface area contributed by atoms with Crippen molar-refractivity contribution in [2.45, 2.75) is 12.5 Å². The first-order valence-electron chi connectivity index (χ1n) is 12.6. The van der Waals surface area contributed by atoms with E-state index >= 15 is 0 Å². The quantitative estimate of drug-likeness (QED) is 0.251. The third-order valence-electron chi connectivity index (χ3n) is 6.81. The number of carbonyl (C=O) groups is 3. The number of piperazine rings is 1. The number of hydrogen-bond acceptors (Lipinski definition) is 7. The highest BCUT2D eigenvalue weighted by Crippen LogP contribution is 2.30. The molecule has 3 heterocycles. The smallest absolute Gasteiger partial charge is 0.323 e. The molecule has 14 heteroatoms. The zero-order chi connectivity index (χ0) is 28.5. The van der Waals surface area contributed by atoms with Gasteiger partial charge >= 0.3 is 17.5 Å². The zero-order valence-corrected chi connectivity index (χ0v) is 22.1. The second kappa shape index (κ2) is 10.7. The Morgan fingerprint density at radius 1 is 0.927 bits per heavy atom. The monoisotopic (exact) mass is 571 g/mol. The average Bonchev–Trinajstić information content (AvgIpc) is 3.63. The largest absolute Gasteiger partial charge is 0.324 e. The molecule has 1 fully saturated rings. The number of halogens is 1. The fourth-order valence-corrected chi connectivity index (χ4v) is 5.04. The number of imidazole rings is 1. The van der Waals surface area contributed by atoms with Crippen molar-refractivity contribution in [3.05, 3.63) is 94.1 Å². The fraction of sp³-hybridized carbons (Fsp3) is 0.148. The third-order valence-corrected chi connectivity index (χ3v) is 7.05. The van der Waals surface area contributed by atoms with Crippen LogP contribution in [0.1, 0.15) is 5.56 Å². The summed E-state index contributed by atoms with van der Waals surface area (Å²) in [6.07, 6.45) is 1.55. The van der Waals surface area contributed by atoms with E-state index in [1.165, 1.54) is 20.8 Å². The minimum atomic E-state index is -0.990. The van der Waals surface area contributed by atoms with Gasteiger partial charge in [-0.2, -0.15) is 4.68 Å². The van der Waals surface area contributed by atoms with Gasteiger partial charge < -0.3 is 25.1 Å². The number of hydrogen-bond donors (Lipinski definition) is 3. The highest BCUT2D eigenvalue weighted by Gasteiger charge is 2.40. The summed E-state index contributed by atoms with van der Waals surface area (Å²) in [6.45, 7) is 0.191. The van der Waals surface area contributed by atoms with Crippen molar-refractivity contribution < 1.29 is 14.4 Å². The van der Waals surface area contributed by atoms with Crippen LogP contribution in [-0.2, 0) is 20.8 Å². The Labute approximate surface area is 236 Å². The van der Waals surface area contributed by atoms with Crippen LogP contribution < -0.4 is 15.9 Å². The lowest BCUT2D eigenvalue weighted by Crippen LogP contribution is -2.60. The SMILES string of the molecule is O=C(Nc1ccc2[nH]c(=O)[nH]c2c1)C(Cc1ccccc1)N1CCN(c2cc(Cl)ccc2-n2cnnn2)C(=O)C1=O. The van der Waals surface area contributed by atoms with E-state index in [0.29, 0.717) is 33.1 Å². The van der Waals surface area contributed by atoms with Crippen LogP contribution in [0.5, 0.6) is 0 Å². The van der Waals surface area contributed by atoms with Crippen molar-refractivity contribution in [1.29, 1.82) is 0 Å². The molecule has 3 amide bonds. The van der Waals surface area contributed by atoms with Crippen molar-refractivity contribution in [3.8, 4) is 5.69 Å². The predicted molar refractivity (Wildman–Crippen MR) is 150 cm³/mol. The van der Waals surface area contributed by atoms with Gasteiger partial charge in [-0.15, -0.1) is 5.10 Å². The number of anilines is 2. The van der Waals surface area contributed by atoms with Gasteiger partial charge in [0.1, 0.15) is 12.4 Å². The highest BCUT2D eigenvalue weighted by molar-refractivity contribution is 6.41. The molecule has 1 unspecified atom stereocenters. The molecule has 1 aliphatic heterocycles. The Kier molecular flexibility index (Phi) is 6.77. The summed E-state index contributed by atoms with van der Waals surface area (Å²) in [7, 11) is 0. The molecular weight excluding hydrogens is 550 g/mol. The van der Waals surface area contributed by atoms with E-state index in [9.17, 15) is 19.2 Å². The van der Waals surface area contributed by atoms with Gasteiger partial charge in [0, 0.05) is 30.2 Å². The van der Waals surface area contributed by atoms with Gasteiger partial charge in [-0.3, -0.25) is 14.4 Å². The maximum atomic E-state index is 13.7. The Bertz CT molecular complexity index is 1820. The van der Waals surface area contributed by atoms with Crippen LogP contribution in [0.25, 0.3) is 16.7 Å². The summed E-state index contributed by atoms with van der Waals surface area (Å²) in [4.78, 5) is 60.3. The number of amides is 3. The Balaban J connectivity index is 1.29. The van der Waals surface area contributed by atoms with Crippen LogP contribution in [0.15, 0.2) is 77.9 Å². The van der Waals surface area contributed by atoms with Crippen molar-refractivity contribution in [2.24, 2.45) is 0 Å². The standard InChI is InChI=1S/C27H22ClN9O4/c28-17-6-9-21(37-15-29-33-34-37)22(13-17)35-10-11-36(26(40)25(35)39)23(12-16-4-2-1-3-5-16)24(38)30-18-7-8-19-20(14-18)32-27(41)31-19/h1-9,13-15,23H,10-12H2,(H,30,38)(H2,31,32,41). The fourth-order valence-electron chi connectivity index (χ4n) is 4.87. The molecule has 13 nitrogen and oxygen atoms in total. The lowest BCUT2D eigenvalue weighted by molar-refractivity contribution is -0.149. The molecule has 206 valence electrons. The number of fused-ring (bicyclic) bond motifs is 1. The van der Waals surface area contributed by atoms with E-state index in [-0.39, 0.29) is 25.2 Å². The van der Waals surface area contributed by atoms with Crippen LogP contribution in [0, 0.1) is 0 Å². The van der Waals surface area contributed by atoms with Gasteiger partial charge in [-0.25, -0.2) is 4.79 Å². The molecule has 1 saturated heterocycles. The van der Waals surface area contributed by atoms with Crippen LogP contribution in [0.4, 0.5) is 11.4 Å². The zero-order valence-electron chi connectivity index (χ0n) is 21.3. The van der Waals surface area contributed by atoms with Crippen molar-refractivity contribution >= 4 is 51.7 Å². The van der Waals surface area contributed by atoms with Crippen LogP contribution >= 0.6 is 11.6 Å². The lowest BCUT2D eigenvalue weighted by Gasteiger charge is -2.38. The van der Waals surface area contributed by atoms with Gasteiger partial charge in [0.15, 0.2) is 0 Å². The second-order valence-electron chi connectivity index (χ2n) is 9.38. The number of aromatic amines is 2. The lowest BCUT2D eigenvalue weighted by atomic mass is 10.0. The first-order valence-corrected chi connectivity index (χ1v) is 13.0. The number of benzene rings is 3. The third kappa shape index (κ3) is 5.17. The Morgan fingerprint density at radius 3 is 2.51 bits per heavy atom. The molecule has 0 radical (unpaired) electrons. The highest BCUT2D eigenvalue weighted by atomic mass is 35.5. The molecule has 0 bridgehead atoms. The molecule has 3 N–H and O–H groups in total. The molecule has 1 aliphatic rings. The number of H-pyrrole nitrogens is 2. The average molecular weight is 572 g/mol. The number of aromatic nitrogens is 6. The van der Waals surface area contributed by atoms with Crippen LogP contribution in [0.3, 0.4) is 0 Å². The topological polar surface area (TPSA) is 162 Å². The first-order chi connectivity index (χ1) is 19.9. The van der Waals surface area contributed by atoms with E-state index in [2.05, 4.69) is 30.8 Å². The molecular formula is C27H22ClN9O4. The van der Waals surface area contributed by atoms with E-state index in [1.807, 2.05) is 30.3 Å². The molecule has 2 aromatic heterocycles. The summed E-state index contributed by atoms with van der Waals surface area (Å²) in [6, 6.07) is 18.0. The second-order valence-corrected chi connectivity index (χ2v) is 9.81. The minimum absolute atomic E-state index is 0.0845. The Morgan fingerprint density at radius 2 is 1.73 bits per heavy atom. The Hall–Kier alpha value is -5.30. The number of nitrogens with one attached hydrogen (secondary N) is 3. The molecule has 1 atom stereocenters. The molecule has 41 heavy (non-hydrogen) atoms. The van der Waals surface area contributed by atoms with Crippen molar-refractivity contribution in [3.63, 3.8) is 0 Å². The van der Waals surface area contributed by atoms with Crippen LogP contribution in [0.2, 0.25) is 5.02 Å². The number of rotatable bonds is 7. The number of carbonyl (C=O) groups excluding carboxylic acids is 3. The number of tetrazole rings is 1. The molecule has 6 rings (SSSR count). The van der Waals surface area contributed by atoms with E-state index < -0.39 is 23.8 Å². The number of nitrogens with zero attached hydrogens (tertiary/aromatic N) is 6. The summed E-state index contributed by atoms with van der Waals surface area (Å²) in [5, 5.41) is 14.4. The molecule has 5 aromatic rings. The van der Waals surface area contributed by atoms with E-state index in [1.54, 1.807) is 36.4 Å². The van der Waals surface area contributed by atoms with E-state index in [0.717, 1.165) is 5.56 Å². The van der Waals surface area contributed by atoms with Gasteiger partial charge in [0.05, 0.1) is 22.4 Å². The summed E-state index contributed by atoms with van der Waals surface area (Å²) < 4.78 is 1.37. The van der Waals surface area contributed by atoms with Crippen LogP contribution in [-0.4, -0.2) is 71.9 Å². The summed E-state index contributed by atoms with van der Waals surface area (Å²) >= 11 is 6.24. The van der Waals surface area contributed by atoms with Gasteiger partial charge in [-0.1, -0.05) is 41.9 Å². The summed E-state index contributed by atoms with van der Waals surface area (Å²) in [5.74, 6) is -2.12.